The Morgan fingerprint density at radius 3 is 2.52 bits per heavy atom. The number of rotatable bonds is 8. The lowest BCUT2D eigenvalue weighted by Gasteiger charge is -2.18. The van der Waals surface area contributed by atoms with Gasteiger partial charge in [-0.25, -0.2) is 9.36 Å². The van der Waals surface area contributed by atoms with Crippen LogP contribution in [0, 0.1) is 0 Å². The minimum Gasteiger partial charge on any atom is -0.405 e. The fourth-order valence-electron chi connectivity index (χ4n) is 1.16. The van der Waals surface area contributed by atoms with Crippen molar-refractivity contribution in [1.82, 2.24) is 5.48 Å². The fraction of sp³-hybridized carbons (Fsp3) is 0.462. The molecule has 3 atom stereocenters. The molecule has 0 aliphatic rings. The van der Waals surface area contributed by atoms with Crippen molar-refractivity contribution in [3.63, 3.8) is 0 Å². The Morgan fingerprint density at radius 1 is 1.33 bits per heavy atom. The Hall–Kier alpha value is -1.07. The second kappa shape index (κ2) is 8.39. The molecule has 1 rings (SSSR count). The Labute approximate surface area is 129 Å². The van der Waals surface area contributed by atoms with Gasteiger partial charge < -0.3 is 9.05 Å². The van der Waals surface area contributed by atoms with Crippen LogP contribution < -0.4 is 10.0 Å². The molecule has 8 heteroatoms. The van der Waals surface area contributed by atoms with E-state index in [1.807, 2.05) is 13.8 Å². The highest BCUT2D eigenvalue weighted by Crippen LogP contribution is 2.53. The average Bonchev–Trinajstić information content (AvgIpc) is 2.44. The van der Waals surface area contributed by atoms with Gasteiger partial charge in [0.05, 0.1) is 6.10 Å². The van der Waals surface area contributed by atoms with Gasteiger partial charge in [-0.15, -0.1) is 0 Å². The third kappa shape index (κ3) is 6.96. The Morgan fingerprint density at radius 2 is 1.95 bits per heavy atom. The maximum atomic E-state index is 11.9. The molecule has 0 saturated heterocycles. The van der Waals surface area contributed by atoms with Gasteiger partial charge >= 0.3 is 12.9 Å². The van der Waals surface area contributed by atoms with Crippen molar-refractivity contribution in [3.05, 3.63) is 30.3 Å². The molecule has 6 nitrogen and oxygen atoms in total. The van der Waals surface area contributed by atoms with Gasteiger partial charge in [0.25, 0.3) is 0 Å². The number of benzene rings is 1. The van der Waals surface area contributed by atoms with Gasteiger partial charge in [0.15, 0.2) is 0 Å². The molecular weight excluding hydrogens is 317 g/mol. The van der Waals surface area contributed by atoms with Crippen LogP contribution >= 0.6 is 18.2 Å². The van der Waals surface area contributed by atoms with Gasteiger partial charge in [-0.05, 0) is 32.4 Å². The molecule has 1 aromatic carbocycles. The van der Waals surface area contributed by atoms with Crippen molar-refractivity contribution in [2.75, 3.05) is 0 Å². The summed E-state index contributed by atoms with van der Waals surface area (Å²) in [5.41, 5.74) is 2.51. The van der Waals surface area contributed by atoms with E-state index in [1.165, 1.54) is 6.92 Å². The van der Waals surface area contributed by atoms with Gasteiger partial charge in [-0.2, -0.15) is 5.48 Å². The van der Waals surface area contributed by atoms with Crippen molar-refractivity contribution in [2.45, 2.75) is 39.3 Å². The summed E-state index contributed by atoms with van der Waals surface area (Å²) in [6.07, 6.45) is 0.712. The largest absolute Gasteiger partial charge is 0.532 e. The minimum absolute atomic E-state index is 0.0661. The van der Waals surface area contributed by atoms with E-state index in [4.69, 9.17) is 20.6 Å². The van der Waals surface area contributed by atoms with Crippen LogP contribution in [-0.2, 0) is 18.7 Å². The first kappa shape index (κ1) is 18.0. The first-order valence-electron chi connectivity index (χ1n) is 6.53. The third-order valence-corrected chi connectivity index (χ3v) is 3.77. The highest BCUT2D eigenvalue weighted by Gasteiger charge is 2.30. The monoisotopic (exact) mass is 335 g/mol. The average molecular weight is 336 g/mol. The minimum atomic E-state index is -4.05. The van der Waals surface area contributed by atoms with Crippen LogP contribution in [0.4, 0.5) is 0 Å². The molecule has 0 spiro atoms. The van der Waals surface area contributed by atoms with E-state index < -0.39 is 19.0 Å². The van der Waals surface area contributed by atoms with E-state index in [9.17, 15) is 9.36 Å². The summed E-state index contributed by atoms with van der Waals surface area (Å²) in [6.45, 7) is 1.24. The predicted molar refractivity (Wildman–Crippen MR) is 80.1 cm³/mol. The van der Waals surface area contributed by atoms with Crippen molar-refractivity contribution in [2.24, 2.45) is 0 Å². The van der Waals surface area contributed by atoms with Crippen LogP contribution in [0.5, 0.6) is 5.75 Å². The van der Waals surface area contributed by atoms with Gasteiger partial charge in [-0.1, -0.05) is 25.1 Å². The molecule has 0 aliphatic carbocycles. The van der Waals surface area contributed by atoms with Crippen LogP contribution in [-0.4, -0.2) is 18.1 Å². The standard InChI is InChI=1S/C13H19ClNO5P/c1-4-10(2)18-15-11(3)13(16)20-21(14,17)19-12-8-6-5-7-9-12/h5-11,15H,4H2,1-3H3. The maximum Gasteiger partial charge on any atom is 0.532 e. The summed E-state index contributed by atoms with van der Waals surface area (Å²) >= 11 is 5.62. The molecule has 3 unspecified atom stereocenters. The molecule has 0 heterocycles. The number of hydrogen-bond acceptors (Lipinski definition) is 6. The first-order chi connectivity index (χ1) is 9.84. The molecule has 0 saturated carbocycles. The Kier molecular flexibility index (Phi) is 7.18. The number of hydrogen-bond donors (Lipinski definition) is 1. The third-order valence-electron chi connectivity index (χ3n) is 2.53. The van der Waals surface area contributed by atoms with E-state index in [2.05, 4.69) is 10.0 Å². The Balaban J connectivity index is 2.50. The zero-order valence-corrected chi connectivity index (χ0v) is 13.8. The first-order valence-corrected chi connectivity index (χ1v) is 8.97. The van der Waals surface area contributed by atoms with E-state index >= 15 is 0 Å². The van der Waals surface area contributed by atoms with Crippen LogP contribution in [0.2, 0.25) is 0 Å². The summed E-state index contributed by atoms with van der Waals surface area (Å²) in [4.78, 5) is 16.9. The molecule has 0 amide bonds. The number of carbonyl (C=O) groups excluding carboxylic acids is 1. The topological polar surface area (TPSA) is 73.9 Å². The fourth-order valence-corrected chi connectivity index (χ4v) is 2.39. The molecule has 0 bridgehead atoms. The van der Waals surface area contributed by atoms with Crippen LogP contribution in [0.3, 0.4) is 0 Å². The number of para-hydroxylation sites is 1. The second-order valence-electron chi connectivity index (χ2n) is 4.42. The van der Waals surface area contributed by atoms with Crippen molar-refractivity contribution >= 4 is 24.2 Å². The summed E-state index contributed by atoms with van der Waals surface area (Å²) in [7, 11) is 0. The van der Waals surface area contributed by atoms with Gasteiger partial charge in [0.1, 0.15) is 11.8 Å². The molecule has 0 radical (unpaired) electrons. The van der Waals surface area contributed by atoms with E-state index in [0.717, 1.165) is 6.42 Å². The SMILES string of the molecule is CCC(C)ONC(C)C(=O)OP(=O)(Cl)Oc1ccccc1. The Bertz CT molecular complexity index is 499. The highest BCUT2D eigenvalue weighted by molar-refractivity contribution is 7.82. The van der Waals surface area contributed by atoms with Crippen molar-refractivity contribution in [3.8, 4) is 5.75 Å². The van der Waals surface area contributed by atoms with Crippen LogP contribution in [0.15, 0.2) is 30.3 Å². The quantitative estimate of drug-likeness (QED) is 0.577. The smallest absolute Gasteiger partial charge is 0.405 e. The normalized spacial score (nSPS) is 16.6. The second-order valence-corrected chi connectivity index (χ2v) is 6.89. The van der Waals surface area contributed by atoms with Crippen LogP contribution in [0.1, 0.15) is 27.2 Å². The summed E-state index contributed by atoms with van der Waals surface area (Å²) < 4.78 is 21.6. The lowest BCUT2D eigenvalue weighted by molar-refractivity contribution is -0.142. The molecule has 118 valence electrons. The molecule has 1 aromatic rings. The van der Waals surface area contributed by atoms with Crippen molar-refractivity contribution in [1.29, 1.82) is 0 Å². The highest BCUT2D eigenvalue weighted by atomic mass is 35.7. The molecule has 0 aromatic heterocycles. The summed E-state index contributed by atoms with van der Waals surface area (Å²) in [5.74, 6) is -0.576. The zero-order chi connectivity index (χ0) is 15.9. The van der Waals surface area contributed by atoms with Gasteiger partial charge in [0, 0.05) is 11.2 Å². The van der Waals surface area contributed by atoms with E-state index in [-0.39, 0.29) is 11.9 Å². The van der Waals surface area contributed by atoms with Crippen LogP contribution in [0.25, 0.3) is 0 Å². The van der Waals surface area contributed by atoms with Gasteiger partial charge in [0.2, 0.25) is 0 Å². The van der Waals surface area contributed by atoms with E-state index in [1.54, 1.807) is 30.3 Å². The molecule has 0 fully saturated rings. The van der Waals surface area contributed by atoms with E-state index in [0.29, 0.717) is 0 Å². The molecular formula is C13H19ClNO5P. The predicted octanol–water partition coefficient (Wildman–Crippen LogP) is 3.66. The summed E-state index contributed by atoms with van der Waals surface area (Å²) in [6, 6.07) is 7.39. The maximum absolute atomic E-state index is 11.9. The number of carbonyl (C=O) groups is 1. The van der Waals surface area contributed by atoms with Gasteiger partial charge in [-0.3, -0.25) is 4.84 Å². The molecule has 1 N–H and O–H groups in total. The number of halogens is 1. The molecule has 0 aliphatic heterocycles. The molecule has 21 heavy (non-hydrogen) atoms. The summed E-state index contributed by atoms with van der Waals surface area (Å²) in [5, 5.41) is 0. The lowest BCUT2D eigenvalue weighted by Crippen LogP contribution is -2.37. The number of nitrogens with one attached hydrogen (secondary N) is 1. The van der Waals surface area contributed by atoms with Crippen molar-refractivity contribution < 1.29 is 23.2 Å². The number of hydroxylamine groups is 1. The lowest BCUT2D eigenvalue weighted by atomic mass is 10.3. The zero-order valence-electron chi connectivity index (χ0n) is 12.1.